The summed E-state index contributed by atoms with van der Waals surface area (Å²) in [6.07, 6.45) is -4.55. The lowest BCUT2D eigenvalue weighted by Crippen LogP contribution is -2.66. The number of esters is 3. The van der Waals surface area contributed by atoms with Crippen LogP contribution in [0.3, 0.4) is 0 Å². The van der Waals surface area contributed by atoms with Gasteiger partial charge in [0.2, 0.25) is 0 Å². The van der Waals surface area contributed by atoms with Gasteiger partial charge in [-0.05, 0) is 55.3 Å². The zero-order valence-electron chi connectivity index (χ0n) is 39.5. The van der Waals surface area contributed by atoms with E-state index >= 15 is 0 Å². The van der Waals surface area contributed by atoms with Crippen molar-refractivity contribution in [2.45, 2.75) is 160 Å². The Labute approximate surface area is 393 Å². The van der Waals surface area contributed by atoms with Crippen molar-refractivity contribution in [3.05, 3.63) is 82.2 Å². The molecule has 19 heteroatoms. The molecule has 4 rings (SSSR count). The Kier molecular flexibility index (Phi) is 25.5. The number of azide groups is 1. The van der Waals surface area contributed by atoms with E-state index in [9.17, 15) is 24.7 Å². The molecule has 2 saturated heterocycles. The monoisotopic (exact) mass is 942 g/mol. The normalized spacial score (nSPS) is 24.7. The van der Waals surface area contributed by atoms with Gasteiger partial charge in [-0.25, -0.2) is 14.4 Å². The van der Waals surface area contributed by atoms with Crippen molar-refractivity contribution in [1.82, 2.24) is 5.32 Å². The van der Waals surface area contributed by atoms with Crippen LogP contribution in [0.1, 0.15) is 108 Å². The second-order valence-corrected chi connectivity index (χ2v) is 16.2. The van der Waals surface area contributed by atoms with E-state index in [2.05, 4.69) is 15.3 Å². The minimum absolute atomic E-state index is 0.135. The molecule has 67 heavy (non-hydrogen) atoms. The van der Waals surface area contributed by atoms with E-state index in [1.165, 1.54) is 14.0 Å². The topological polar surface area (TPSA) is 231 Å². The van der Waals surface area contributed by atoms with Crippen LogP contribution in [-0.2, 0) is 68.3 Å². The minimum atomic E-state index is -1.54. The summed E-state index contributed by atoms with van der Waals surface area (Å²) in [7, 11) is 1.19. The van der Waals surface area contributed by atoms with Crippen LogP contribution < -0.4 is 5.32 Å². The van der Waals surface area contributed by atoms with Crippen molar-refractivity contribution in [3.63, 3.8) is 0 Å². The smallest absolute Gasteiger partial charge is 0.407 e. The first-order valence-electron chi connectivity index (χ1n) is 23.5. The number of benzene rings is 2. The Morgan fingerprint density at radius 2 is 1.30 bits per heavy atom. The largest absolute Gasteiger partial charge is 0.467 e. The molecule has 2 aliphatic rings. The molecule has 372 valence electrons. The van der Waals surface area contributed by atoms with Crippen molar-refractivity contribution in [2.75, 3.05) is 46.7 Å². The van der Waals surface area contributed by atoms with Gasteiger partial charge in [0.25, 0.3) is 0 Å². The molecule has 19 nitrogen and oxygen atoms in total. The standard InChI is InChI=1S/C48H70N4O15/c1-6-9-27-58-38-36(32-62-33(4)53)64-46(37(51-52-49)39(38)59-28-10-7-2)66-41-40(60-29-11-8-3)43(65-44(54)35-24-18-15-19-25-35)47(67-42(41)45(55)57-5)61-30-21-13-12-20-26-50-48(56)63-31-34-22-16-14-17-23-34/h14-19,22-25,36-43,46-47H,6-13,20-21,26-32H2,1-5H3,(H,50,56). The summed E-state index contributed by atoms with van der Waals surface area (Å²) in [6, 6.07) is 16.6. The number of amides is 1. The van der Waals surface area contributed by atoms with Gasteiger partial charge in [-0.2, -0.15) is 0 Å². The summed E-state index contributed by atoms with van der Waals surface area (Å²) in [5.41, 5.74) is 11.1. The molecule has 2 aliphatic heterocycles. The molecule has 2 heterocycles. The third-order valence-corrected chi connectivity index (χ3v) is 11.0. The first-order chi connectivity index (χ1) is 32.6. The van der Waals surface area contributed by atoms with Crippen LogP contribution in [0, 0.1) is 0 Å². The maximum absolute atomic E-state index is 13.8. The predicted octanol–water partition coefficient (Wildman–Crippen LogP) is 7.52. The van der Waals surface area contributed by atoms with Crippen LogP contribution >= 0.6 is 0 Å². The number of carbonyl (C=O) groups is 4. The highest BCUT2D eigenvalue weighted by Gasteiger charge is 2.56. The van der Waals surface area contributed by atoms with Crippen molar-refractivity contribution >= 4 is 24.0 Å². The first-order valence-corrected chi connectivity index (χ1v) is 23.5. The van der Waals surface area contributed by atoms with Crippen LogP contribution in [0.25, 0.3) is 10.4 Å². The van der Waals surface area contributed by atoms with E-state index in [-0.39, 0.29) is 38.6 Å². The van der Waals surface area contributed by atoms with Crippen LogP contribution in [0.5, 0.6) is 0 Å². The number of nitrogens with one attached hydrogen (secondary N) is 1. The van der Waals surface area contributed by atoms with Gasteiger partial charge in [-0.15, -0.1) is 0 Å². The molecule has 2 fully saturated rings. The number of alkyl carbamates (subject to hydrolysis) is 1. The van der Waals surface area contributed by atoms with E-state index in [0.717, 1.165) is 31.2 Å². The van der Waals surface area contributed by atoms with Crippen LogP contribution in [0.2, 0.25) is 0 Å². The summed E-state index contributed by atoms with van der Waals surface area (Å²) in [5, 5.41) is 6.87. The quantitative estimate of drug-likeness (QED) is 0.0199. The van der Waals surface area contributed by atoms with Crippen molar-refractivity contribution in [3.8, 4) is 0 Å². The molecule has 10 atom stereocenters. The molecule has 0 radical (unpaired) electrons. The number of carbonyl (C=O) groups excluding carboxylic acids is 4. The van der Waals surface area contributed by atoms with Gasteiger partial charge in [0.15, 0.2) is 24.8 Å². The fourth-order valence-electron chi connectivity index (χ4n) is 7.38. The number of hydrogen-bond donors (Lipinski definition) is 1. The summed E-state index contributed by atoms with van der Waals surface area (Å²) in [6.45, 7) is 8.49. The Balaban J connectivity index is 1.60. The second-order valence-electron chi connectivity index (χ2n) is 16.2. The van der Waals surface area contributed by atoms with Crippen molar-refractivity contribution < 1.29 is 71.3 Å². The van der Waals surface area contributed by atoms with E-state index in [1.54, 1.807) is 30.3 Å². The van der Waals surface area contributed by atoms with Crippen molar-refractivity contribution in [1.29, 1.82) is 0 Å². The van der Waals surface area contributed by atoms with Gasteiger partial charge in [-0.3, -0.25) is 4.79 Å². The number of rotatable bonds is 30. The van der Waals surface area contributed by atoms with Gasteiger partial charge in [0.05, 0.1) is 18.8 Å². The lowest BCUT2D eigenvalue weighted by atomic mass is 9.95. The zero-order valence-corrected chi connectivity index (χ0v) is 39.5. The lowest BCUT2D eigenvalue weighted by Gasteiger charge is -2.48. The molecule has 0 bridgehead atoms. The first kappa shape index (κ1) is 54.8. The van der Waals surface area contributed by atoms with E-state index in [4.69, 9.17) is 52.1 Å². The lowest BCUT2D eigenvalue weighted by molar-refractivity contribution is -0.346. The fourth-order valence-corrected chi connectivity index (χ4v) is 7.38. The average molecular weight is 943 g/mol. The van der Waals surface area contributed by atoms with Gasteiger partial charge in [0.1, 0.15) is 43.7 Å². The molecule has 0 aromatic heterocycles. The minimum Gasteiger partial charge on any atom is -0.467 e. The molecule has 0 spiro atoms. The number of nitrogens with zero attached hydrogens (tertiary/aromatic N) is 3. The highest BCUT2D eigenvalue weighted by molar-refractivity contribution is 5.89. The summed E-state index contributed by atoms with van der Waals surface area (Å²) in [4.78, 5) is 55.1. The van der Waals surface area contributed by atoms with E-state index in [1.807, 2.05) is 51.1 Å². The summed E-state index contributed by atoms with van der Waals surface area (Å²) in [5.74, 6) is -2.13. The predicted molar refractivity (Wildman–Crippen MR) is 242 cm³/mol. The average Bonchev–Trinajstić information content (AvgIpc) is 3.34. The Bertz CT molecular complexity index is 1790. The third-order valence-electron chi connectivity index (χ3n) is 11.0. The van der Waals surface area contributed by atoms with E-state index in [0.29, 0.717) is 51.7 Å². The van der Waals surface area contributed by atoms with Crippen LogP contribution in [0.15, 0.2) is 65.8 Å². The number of hydrogen-bond acceptors (Lipinski definition) is 16. The van der Waals surface area contributed by atoms with Gasteiger partial charge >= 0.3 is 24.0 Å². The fraction of sp³-hybridized carbons (Fsp3) is 0.667. The van der Waals surface area contributed by atoms with Crippen LogP contribution in [0.4, 0.5) is 4.79 Å². The Morgan fingerprint density at radius 3 is 1.93 bits per heavy atom. The molecular weight excluding hydrogens is 873 g/mol. The number of ether oxygens (including phenoxy) is 11. The zero-order chi connectivity index (χ0) is 48.2. The summed E-state index contributed by atoms with van der Waals surface area (Å²) >= 11 is 0. The Hall–Kier alpha value is -4.85. The SMILES string of the molecule is CCCCOC1C(COC(C)=O)OC(OC2C(C(=O)OC)OC(OCCCCCCNC(=O)OCc3ccccc3)C(OC(=O)c3ccccc3)C2OCCCC)C(N=[N+]=[N-])C1OCCCC. The molecule has 0 saturated carbocycles. The molecule has 1 N–H and O–H groups in total. The highest BCUT2D eigenvalue weighted by Crippen LogP contribution is 2.36. The van der Waals surface area contributed by atoms with Gasteiger partial charge in [0, 0.05) is 44.8 Å². The second kappa shape index (κ2) is 31.2. The molecule has 1 amide bonds. The number of unbranched alkanes of at least 4 members (excludes halogenated alkanes) is 6. The van der Waals surface area contributed by atoms with Gasteiger partial charge in [-0.1, -0.05) is 107 Å². The molecular formula is C48H70N4O15. The maximum atomic E-state index is 13.8. The molecule has 2 aromatic carbocycles. The third kappa shape index (κ3) is 18.3. The molecule has 2 aromatic rings. The number of methoxy groups -OCH3 is 1. The molecule has 0 aliphatic carbocycles. The molecule has 10 unspecified atom stereocenters. The van der Waals surface area contributed by atoms with E-state index < -0.39 is 85.4 Å². The van der Waals surface area contributed by atoms with Crippen molar-refractivity contribution in [2.24, 2.45) is 5.11 Å². The van der Waals surface area contributed by atoms with Gasteiger partial charge < -0.3 is 57.4 Å². The van der Waals surface area contributed by atoms with Crippen LogP contribution in [-0.4, -0.2) is 132 Å². The highest BCUT2D eigenvalue weighted by atomic mass is 16.8. The summed E-state index contributed by atoms with van der Waals surface area (Å²) < 4.78 is 67.3. The Morgan fingerprint density at radius 1 is 0.687 bits per heavy atom. The maximum Gasteiger partial charge on any atom is 0.407 e.